The summed E-state index contributed by atoms with van der Waals surface area (Å²) in [5, 5.41) is 1.29. The van der Waals surface area contributed by atoms with Gasteiger partial charge in [-0.1, -0.05) is 13.8 Å². The first-order valence-corrected chi connectivity index (χ1v) is 7.64. The number of hydrogen-bond donors (Lipinski definition) is 1. The second-order valence-electron chi connectivity index (χ2n) is 5.32. The fourth-order valence-corrected chi connectivity index (χ4v) is 2.74. The summed E-state index contributed by atoms with van der Waals surface area (Å²) in [7, 11) is 1.72. The van der Waals surface area contributed by atoms with E-state index < -0.39 is 0 Å². The Morgan fingerprint density at radius 3 is 2.43 bits per heavy atom. The molecule has 0 unspecified atom stereocenters. The van der Waals surface area contributed by atoms with E-state index in [-0.39, 0.29) is 12.4 Å². The molecule has 1 aromatic heterocycles. The molecule has 0 radical (unpaired) electrons. The van der Waals surface area contributed by atoms with Gasteiger partial charge in [-0.15, -0.1) is 12.4 Å². The molecule has 3 nitrogen and oxygen atoms in total. The molecule has 0 fully saturated rings. The van der Waals surface area contributed by atoms with Crippen molar-refractivity contribution in [1.29, 1.82) is 0 Å². The summed E-state index contributed by atoms with van der Waals surface area (Å²) in [6.07, 6.45) is 5.68. The molecule has 1 heterocycles. The van der Waals surface area contributed by atoms with E-state index in [9.17, 15) is 0 Å². The molecule has 118 valence electrons. The Kier molecular flexibility index (Phi) is 7.62. The standard InChI is InChI=1S/C17H26N2O.ClH/c1-4-9-19(10-5-2)11-8-14-13-18-17-7-6-15(20-3)12-16(14)17;/h6-7,12-13,18H,4-5,8-11H2,1-3H3;1H. The zero-order valence-electron chi connectivity index (χ0n) is 13.3. The minimum absolute atomic E-state index is 0. The smallest absolute Gasteiger partial charge is 0.119 e. The van der Waals surface area contributed by atoms with Gasteiger partial charge in [0.1, 0.15) is 5.75 Å². The van der Waals surface area contributed by atoms with Crippen molar-refractivity contribution < 1.29 is 4.74 Å². The van der Waals surface area contributed by atoms with E-state index in [1.54, 1.807) is 7.11 Å². The van der Waals surface area contributed by atoms with E-state index in [1.807, 2.05) is 6.07 Å². The molecule has 1 aromatic carbocycles. The molecular formula is C17H27ClN2O. The fourth-order valence-electron chi connectivity index (χ4n) is 2.74. The molecule has 0 atom stereocenters. The van der Waals surface area contributed by atoms with Crippen molar-refractivity contribution in [1.82, 2.24) is 9.88 Å². The topological polar surface area (TPSA) is 28.3 Å². The molecule has 0 saturated heterocycles. The van der Waals surface area contributed by atoms with Crippen LogP contribution in [0, 0.1) is 0 Å². The van der Waals surface area contributed by atoms with E-state index in [1.165, 1.54) is 42.4 Å². The van der Waals surface area contributed by atoms with Crippen LogP contribution in [-0.4, -0.2) is 36.6 Å². The number of methoxy groups -OCH3 is 1. The van der Waals surface area contributed by atoms with Gasteiger partial charge in [-0.3, -0.25) is 0 Å². The highest BCUT2D eigenvalue weighted by molar-refractivity contribution is 5.85. The van der Waals surface area contributed by atoms with Crippen LogP contribution in [0.4, 0.5) is 0 Å². The van der Waals surface area contributed by atoms with Gasteiger partial charge in [0.15, 0.2) is 0 Å². The van der Waals surface area contributed by atoms with Crippen molar-refractivity contribution in [2.75, 3.05) is 26.7 Å². The molecule has 0 aliphatic heterocycles. The predicted octanol–water partition coefficient (Wildman–Crippen LogP) is 4.26. The second-order valence-corrected chi connectivity index (χ2v) is 5.32. The molecule has 0 bridgehead atoms. The molecule has 0 saturated carbocycles. The SMILES string of the molecule is CCCN(CCC)CCc1c[nH]c2ccc(OC)cc12.Cl. The lowest BCUT2D eigenvalue weighted by Crippen LogP contribution is -2.27. The molecule has 0 spiro atoms. The van der Waals surface area contributed by atoms with Gasteiger partial charge in [0.05, 0.1) is 7.11 Å². The van der Waals surface area contributed by atoms with Crippen LogP contribution in [0.15, 0.2) is 24.4 Å². The number of H-pyrrole nitrogens is 1. The minimum Gasteiger partial charge on any atom is -0.497 e. The predicted molar refractivity (Wildman–Crippen MR) is 92.8 cm³/mol. The van der Waals surface area contributed by atoms with Crippen molar-refractivity contribution in [3.8, 4) is 5.75 Å². The van der Waals surface area contributed by atoms with E-state index in [2.05, 4.69) is 42.1 Å². The van der Waals surface area contributed by atoms with Crippen LogP contribution in [0.2, 0.25) is 0 Å². The molecule has 0 aliphatic carbocycles. The maximum Gasteiger partial charge on any atom is 0.119 e. The Bertz CT molecular complexity index is 533. The number of rotatable bonds is 8. The fraction of sp³-hybridized carbons (Fsp3) is 0.529. The van der Waals surface area contributed by atoms with Gasteiger partial charge < -0.3 is 14.6 Å². The summed E-state index contributed by atoms with van der Waals surface area (Å²) < 4.78 is 5.33. The molecule has 2 rings (SSSR count). The molecule has 4 heteroatoms. The number of ether oxygens (including phenoxy) is 1. The highest BCUT2D eigenvalue weighted by Gasteiger charge is 2.08. The number of benzene rings is 1. The lowest BCUT2D eigenvalue weighted by atomic mass is 10.1. The third-order valence-corrected chi connectivity index (χ3v) is 3.75. The number of aromatic amines is 1. The van der Waals surface area contributed by atoms with Crippen molar-refractivity contribution in [3.05, 3.63) is 30.0 Å². The summed E-state index contributed by atoms with van der Waals surface area (Å²) in [6, 6.07) is 6.22. The van der Waals surface area contributed by atoms with Crippen LogP contribution < -0.4 is 4.74 Å². The van der Waals surface area contributed by atoms with E-state index in [0.29, 0.717) is 0 Å². The zero-order valence-corrected chi connectivity index (χ0v) is 14.1. The van der Waals surface area contributed by atoms with Gasteiger partial charge in [0.25, 0.3) is 0 Å². The van der Waals surface area contributed by atoms with Gasteiger partial charge in [-0.05, 0) is 56.1 Å². The molecule has 2 aromatic rings. The largest absolute Gasteiger partial charge is 0.497 e. The lowest BCUT2D eigenvalue weighted by molar-refractivity contribution is 0.278. The third kappa shape index (κ3) is 4.65. The first-order valence-electron chi connectivity index (χ1n) is 7.64. The van der Waals surface area contributed by atoms with Crippen LogP contribution in [0.25, 0.3) is 10.9 Å². The van der Waals surface area contributed by atoms with Crippen LogP contribution in [0.5, 0.6) is 5.75 Å². The molecule has 0 amide bonds. The average Bonchev–Trinajstić information content (AvgIpc) is 2.87. The van der Waals surface area contributed by atoms with Crippen LogP contribution >= 0.6 is 12.4 Å². The lowest BCUT2D eigenvalue weighted by Gasteiger charge is -2.20. The van der Waals surface area contributed by atoms with Gasteiger partial charge in [0, 0.05) is 23.6 Å². The Labute approximate surface area is 134 Å². The summed E-state index contributed by atoms with van der Waals surface area (Å²) in [4.78, 5) is 5.91. The van der Waals surface area contributed by atoms with Crippen molar-refractivity contribution in [3.63, 3.8) is 0 Å². The Morgan fingerprint density at radius 2 is 1.81 bits per heavy atom. The highest BCUT2D eigenvalue weighted by atomic mass is 35.5. The van der Waals surface area contributed by atoms with E-state index in [4.69, 9.17) is 4.74 Å². The number of halogens is 1. The molecule has 21 heavy (non-hydrogen) atoms. The van der Waals surface area contributed by atoms with Gasteiger partial charge in [-0.25, -0.2) is 0 Å². The molecule has 0 aliphatic rings. The average molecular weight is 311 g/mol. The normalized spacial score (nSPS) is 10.9. The van der Waals surface area contributed by atoms with Crippen molar-refractivity contribution >= 4 is 23.3 Å². The Balaban J connectivity index is 0.00000220. The number of nitrogens with one attached hydrogen (secondary N) is 1. The van der Waals surface area contributed by atoms with Crippen LogP contribution in [0.3, 0.4) is 0 Å². The van der Waals surface area contributed by atoms with Gasteiger partial charge in [-0.2, -0.15) is 0 Å². The van der Waals surface area contributed by atoms with Gasteiger partial charge in [0.2, 0.25) is 0 Å². The summed E-state index contributed by atoms with van der Waals surface area (Å²) in [5.41, 5.74) is 2.58. The summed E-state index contributed by atoms with van der Waals surface area (Å²) in [6.45, 7) is 8.02. The van der Waals surface area contributed by atoms with E-state index >= 15 is 0 Å². The number of hydrogen-bond acceptors (Lipinski definition) is 2. The quantitative estimate of drug-likeness (QED) is 0.789. The number of fused-ring (bicyclic) bond motifs is 1. The van der Waals surface area contributed by atoms with Crippen LogP contribution in [-0.2, 0) is 6.42 Å². The number of nitrogens with zero attached hydrogens (tertiary/aromatic N) is 1. The van der Waals surface area contributed by atoms with Crippen molar-refractivity contribution in [2.24, 2.45) is 0 Å². The zero-order chi connectivity index (χ0) is 14.4. The maximum absolute atomic E-state index is 5.33. The molecule has 1 N–H and O–H groups in total. The molecular weight excluding hydrogens is 284 g/mol. The summed E-state index contributed by atoms with van der Waals surface area (Å²) >= 11 is 0. The second kappa shape index (κ2) is 8.96. The van der Waals surface area contributed by atoms with E-state index in [0.717, 1.165) is 18.7 Å². The number of aromatic nitrogens is 1. The Morgan fingerprint density at radius 1 is 1.10 bits per heavy atom. The van der Waals surface area contributed by atoms with Crippen LogP contribution in [0.1, 0.15) is 32.3 Å². The first kappa shape index (κ1) is 17.9. The first-order chi connectivity index (χ1) is 9.78. The maximum atomic E-state index is 5.33. The summed E-state index contributed by atoms with van der Waals surface area (Å²) in [5.74, 6) is 0.928. The monoisotopic (exact) mass is 310 g/mol. The van der Waals surface area contributed by atoms with Crippen molar-refractivity contribution in [2.45, 2.75) is 33.1 Å². The minimum atomic E-state index is 0. The highest BCUT2D eigenvalue weighted by Crippen LogP contribution is 2.24. The Hall–Kier alpha value is -1.19. The van der Waals surface area contributed by atoms with Gasteiger partial charge >= 0.3 is 0 Å². The third-order valence-electron chi connectivity index (χ3n) is 3.75.